The predicted octanol–water partition coefficient (Wildman–Crippen LogP) is 4.23. The number of amides is 1. The average Bonchev–Trinajstić information content (AvgIpc) is 3.21. The number of para-hydroxylation sites is 1. The van der Waals surface area contributed by atoms with E-state index >= 15 is 0 Å². The summed E-state index contributed by atoms with van der Waals surface area (Å²) in [6.07, 6.45) is 1.50. The Morgan fingerprint density at radius 3 is 2.46 bits per heavy atom. The number of hydrogen-bond donors (Lipinski definition) is 0. The first-order valence-electron chi connectivity index (χ1n) is 12.6. The first kappa shape index (κ1) is 23.0. The molecular formula is C29H28N6O2. The van der Waals surface area contributed by atoms with E-state index in [-0.39, 0.29) is 5.91 Å². The van der Waals surface area contributed by atoms with Crippen LogP contribution in [0.1, 0.15) is 28.2 Å². The summed E-state index contributed by atoms with van der Waals surface area (Å²) in [5, 5.41) is 10.2. The van der Waals surface area contributed by atoms with E-state index in [0.29, 0.717) is 31.6 Å². The first-order valence-corrected chi connectivity index (χ1v) is 12.6. The van der Waals surface area contributed by atoms with Crippen molar-refractivity contribution in [3.63, 3.8) is 0 Å². The van der Waals surface area contributed by atoms with Crippen molar-refractivity contribution in [2.24, 2.45) is 0 Å². The molecule has 1 aliphatic rings. The van der Waals surface area contributed by atoms with Gasteiger partial charge < -0.3 is 14.5 Å². The number of anilines is 1. The van der Waals surface area contributed by atoms with Gasteiger partial charge in [0.05, 0.1) is 12.6 Å². The highest BCUT2D eigenvalue weighted by Crippen LogP contribution is 2.26. The van der Waals surface area contributed by atoms with E-state index < -0.39 is 0 Å². The zero-order valence-corrected chi connectivity index (χ0v) is 20.7. The van der Waals surface area contributed by atoms with Crippen molar-refractivity contribution < 1.29 is 9.53 Å². The van der Waals surface area contributed by atoms with Crippen LogP contribution in [0.15, 0.2) is 78.9 Å². The van der Waals surface area contributed by atoms with Gasteiger partial charge in [-0.05, 0) is 48.4 Å². The van der Waals surface area contributed by atoms with Gasteiger partial charge in [0.1, 0.15) is 11.6 Å². The number of ether oxygens (including phenoxy) is 1. The van der Waals surface area contributed by atoms with Gasteiger partial charge in [0, 0.05) is 43.5 Å². The van der Waals surface area contributed by atoms with Crippen LogP contribution in [0.25, 0.3) is 16.6 Å². The molecule has 6 rings (SSSR count). The van der Waals surface area contributed by atoms with E-state index in [1.807, 2.05) is 71.6 Å². The fraction of sp³-hybridized carbons (Fsp3) is 0.241. The fourth-order valence-electron chi connectivity index (χ4n) is 4.96. The van der Waals surface area contributed by atoms with Gasteiger partial charge in [-0.3, -0.25) is 4.79 Å². The molecule has 0 spiro atoms. The summed E-state index contributed by atoms with van der Waals surface area (Å²) in [7, 11) is 1.62. The van der Waals surface area contributed by atoms with Crippen LogP contribution in [0, 0.1) is 0 Å². The number of methoxy groups -OCH3 is 1. The van der Waals surface area contributed by atoms with Gasteiger partial charge in [-0.2, -0.15) is 0 Å². The molecule has 186 valence electrons. The second-order valence-corrected chi connectivity index (χ2v) is 9.23. The van der Waals surface area contributed by atoms with Crippen molar-refractivity contribution in [2.75, 3.05) is 38.2 Å². The molecule has 3 heterocycles. The van der Waals surface area contributed by atoms with E-state index in [2.05, 4.69) is 31.6 Å². The molecule has 0 aliphatic carbocycles. The van der Waals surface area contributed by atoms with E-state index in [0.717, 1.165) is 47.0 Å². The maximum atomic E-state index is 13.2. The number of fused-ring (bicyclic) bond motifs is 3. The standard InChI is InChI=1S/C29H28N6O2/c1-37-23-14-12-22(13-15-23)28(36)33-16-7-17-34(19-18-33)29-30-25-11-6-5-10-24(25)27-32-31-26(35(27)29)20-21-8-3-2-4-9-21/h2-6,8-15H,7,16-20H2,1H3. The average molecular weight is 493 g/mol. The van der Waals surface area contributed by atoms with Crippen molar-refractivity contribution in [2.45, 2.75) is 12.8 Å². The largest absolute Gasteiger partial charge is 0.497 e. The van der Waals surface area contributed by atoms with E-state index in [9.17, 15) is 4.79 Å². The maximum absolute atomic E-state index is 13.2. The van der Waals surface area contributed by atoms with Crippen molar-refractivity contribution >= 4 is 28.4 Å². The van der Waals surface area contributed by atoms with E-state index in [1.165, 1.54) is 5.56 Å². The monoisotopic (exact) mass is 492 g/mol. The van der Waals surface area contributed by atoms with Crippen LogP contribution in [0.4, 0.5) is 5.95 Å². The minimum atomic E-state index is 0.0372. The third kappa shape index (κ3) is 4.46. The molecule has 5 aromatic rings. The maximum Gasteiger partial charge on any atom is 0.253 e. The molecule has 1 amide bonds. The number of rotatable bonds is 5. The Bertz CT molecular complexity index is 1550. The number of benzene rings is 3. The molecule has 8 heteroatoms. The number of carbonyl (C=O) groups excluding carboxylic acids is 1. The Kier molecular flexibility index (Phi) is 6.14. The summed E-state index contributed by atoms with van der Waals surface area (Å²) in [5.41, 5.74) is 3.54. The highest BCUT2D eigenvalue weighted by atomic mass is 16.5. The second kappa shape index (κ2) is 9.89. The molecule has 1 saturated heterocycles. The van der Waals surface area contributed by atoms with Crippen LogP contribution in [0.2, 0.25) is 0 Å². The summed E-state index contributed by atoms with van der Waals surface area (Å²) < 4.78 is 7.33. The predicted molar refractivity (Wildman–Crippen MR) is 143 cm³/mol. The lowest BCUT2D eigenvalue weighted by molar-refractivity contribution is 0.0767. The SMILES string of the molecule is COc1ccc(C(=O)N2CCCN(c3nc4ccccc4c4nnc(Cc5ccccc5)n34)CC2)cc1. The Morgan fingerprint density at radius 1 is 0.865 bits per heavy atom. The molecule has 0 atom stereocenters. The minimum absolute atomic E-state index is 0.0372. The molecule has 8 nitrogen and oxygen atoms in total. The van der Waals surface area contributed by atoms with E-state index in [4.69, 9.17) is 9.72 Å². The topological polar surface area (TPSA) is 75.9 Å². The summed E-state index contributed by atoms with van der Waals surface area (Å²) >= 11 is 0. The lowest BCUT2D eigenvalue weighted by Crippen LogP contribution is -2.36. The van der Waals surface area contributed by atoms with Crippen LogP contribution >= 0.6 is 0 Å². The molecule has 1 aliphatic heterocycles. The van der Waals surface area contributed by atoms with E-state index in [1.54, 1.807) is 7.11 Å². The molecule has 1 fully saturated rings. The third-order valence-electron chi connectivity index (χ3n) is 6.90. The fourth-order valence-corrected chi connectivity index (χ4v) is 4.96. The number of carbonyl (C=O) groups is 1. The molecule has 0 unspecified atom stereocenters. The number of aromatic nitrogens is 4. The van der Waals surface area contributed by atoms with Gasteiger partial charge in [0.2, 0.25) is 5.95 Å². The Balaban J connectivity index is 1.33. The van der Waals surface area contributed by atoms with Gasteiger partial charge >= 0.3 is 0 Å². The Hall–Kier alpha value is -4.46. The molecule has 0 saturated carbocycles. The summed E-state index contributed by atoms with van der Waals surface area (Å²) in [5.74, 6) is 2.45. The Morgan fingerprint density at radius 2 is 1.65 bits per heavy atom. The molecule has 0 bridgehead atoms. The van der Waals surface area contributed by atoms with Crippen molar-refractivity contribution in [3.8, 4) is 5.75 Å². The highest BCUT2D eigenvalue weighted by Gasteiger charge is 2.24. The van der Waals surface area contributed by atoms with Gasteiger partial charge in [-0.15, -0.1) is 10.2 Å². The van der Waals surface area contributed by atoms with Crippen LogP contribution in [0.5, 0.6) is 5.75 Å². The lowest BCUT2D eigenvalue weighted by Gasteiger charge is -2.24. The molecule has 2 aromatic heterocycles. The number of nitrogens with zero attached hydrogens (tertiary/aromatic N) is 6. The van der Waals surface area contributed by atoms with Gasteiger partial charge in [0.25, 0.3) is 5.91 Å². The minimum Gasteiger partial charge on any atom is -0.497 e. The molecule has 0 N–H and O–H groups in total. The molecule has 37 heavy (non-hydrogen) atoms. The van der Waals surface area contributed by atoms with Crippen molar-refractivity contribution in [1.82, 2.24) is 24.5 Å². The van der Waals surface area contributed by atoms with Crippen LogP contribution in [-0.4, -0.2) is 63.7 Å². The zero-order valence-electron chi connectivity index (χ0n) is 20.7. The normalized spacial score (nSPS) is 14.2. The molecule has 3 aromatic carbocycles. The first-order chi connectivity index (χ1) is 18.2. The van der Waals surface area contributed by atoms with Crippen LogP contribution in [-0.2, 0) is 6.42 Å². The number of hydrogen-bond acceptors (Lipinski definition) is 6. The quantitative estimate of drug-likeness (QED) is 0.366. The summed E-state index contributed by atoms with van der Waals surface area (Å²) in [4.78, 5) is 22.5. The summed E-state index contributed by atoms with van der Waals surface area (Å²) in [6, 6.07) is 25.7. The van der Waals surface area contributed by atoms with Gasteiger partial charge in [-0.25, -0.2) is 9.38 Å². The zero-order chi connectivity index (χ0) is 25.2. The molecule has 0 radical (unpaired) electrons. The van der Waals surface area contributed by atoms with Crippen molar-refractivity contribution in [3.05, 3.63) is 95.8 Å². The Labute approximate surface area is 215 Å². The smallest absolute Gasteiger partial charge is 0.253 e. The second-order valence-electron chi connectivity index (χ2n) is 9.23. The highest BCUT2D eigenvalue weighted by molar-refractivity contribution is 5.94. The third-order valence-corrected chi connectivity index (χ3v) is 6.90. The van der Waals surface area contributed by atoms with Crippen LogP contribution in [0.3, 0.4) is 0 Å². The van der Waals surface area contributed by atoms with Gasteiger partial charge in [-0.1, -0.05) is 42.5 Å². The lowest BCUT2D eigenvalue weighted by atomic mass is 10.1. The molecular weight excluding hydrogens is 464 g/mol. The van der Waals surface area contributed by atoms with Gasteiger partial charge in [0.15, 0.2) is 5.65 Å². The summed E-state index contributed by atoms with van der Waals surface area (Å²) in [6.45, 7) is 2.76. The van der Waals surface area contributed by atoms with Crippen molar-refractivity contribution in [1.29, 1.82) is 0 Å². The van der Waals surface area contributed by atoms with Crippen LogP contribution < -0.4 is 9.64 Å².